The summed E-state index contributed by atoms with van der Waals surface area (Å²) in [6, 6.07) is 7.05. The minimum Gasteiger partial charge on any atom is -0.402 e. The van der Waals surface area contributed by atoms with Crippen molar-refractivity contribution in [2.75, 3.05) is 0 Å². The topological polar surface area (TPSA) is 38.7 Å². The van der Waals surface area contributed by atoms with Crippen LogP contribution in [0.25, 0.3) is 6.08 Å². The van der Waals surface area contributed by atoms with E-state index in [0.717, 1.165) is 12.1 Å². The number of rotatable bonds is 2. The fourth-order valence-electron chi connectivity index (χ4n) is 1.97. The Balaban J connectivity index is 2.00. The van der Waals surface area contributed by atoms with Gasteiger partial charge in [0.15, 0.2) is 17.3 Å². The highest BCUT2D eigenvalue weighted by Gasteiger charge is 2.26. The van der Waals surface area contributed by atoms with E-state index in [4.69, 9.17) is 16.3 Å². The van der Waals surface area contributed by atoms with Gasteiger partial charge in [-0.1, -0.05) is 23.7 Å². The number of carbonyl (C=O) groups excluding carboxylic acids is 1. The molecule has 0 aromatic heterocycles. The summed E-state index contributed by atoms with van der Waals surface area (Å²) in [4.78, 5) is 15.7. The van der Waals surface area contributed by atoms with Gasteiger partial charge in [-0.3, -0.25) is 0 Å². The Morgan fingerprint density at radius 3 is 2.57 bits per heavy atom. The third kappa shape index (κ3) is 3.12. The molecule has 0 bridgehead atoms. The van der Waals surface area contributed by atoms with Crippen LogP contribution in [0, 0.1) is 17.5 Å². The smallest absolute Gasteiger partial charge is 0.363 e. The molecule has 3 rings (SSSR count). The van der Waals surface area contributed by atoms with Gasteiger partial charge in [0, 0.05) is 0 Å². The quantitative estimate of drug-likeness (QED) is 0.470. The van der Waals surface area contributed by atoms with Gasteiger partial charge < -0.3 is 4.74 Å². The van der Waals surface area contributed by atoms with E-state index in [1.54, 1.807) is 6.07 Å². The fraction of sp³-hybridized carbons (Fsp3) is 0. The molecule has 116 valence electrons. The Bertz CT molecular complexity index is 878. The van der Waals surface area contributed by atoms with Crippen molar-refractivity contribution in [1.82, 2.24) is 0 Å². The van der Waals surface area contributed by atoms with Crippen molar-refractivity contribution < 1.29 is 22.7 Å². The summed E-state index contributed by atoms with van der Waals surface area (Å²) in [5.41, 5.74) is 0.242. The Morgan fingerprint density at radius 1 is 1.09 bits per heavy atom. The number of benzene rings is 2. The normalized spacial score (nSPS) is 15.7. The minimum absolute atomic E-state index is 0.0541. The lowest BCUT2D eigenvalue weighted by molar-refractivity contribution is -0.129. The average Bonchev–Trinajstić information content (AvgIpc) is 2.84. The molecule has 0 spiro atoms. The first-order valence-electron chi connectivity index (χ1n) is 6.37. The first-order chi connectivity index (χ1) is 10.9. The van der Waals surface area contributed by atoms with Crippen LogP contribution in [0.15, 0.2) is 47.1 Å². The second-order valence-electron chi connectivity index (χ2n) is 4.64. The number of carbonyl (C=O) groups is 1. The maximum atomic E-state index is 13.3. The minimum atomic E-state index is -1.15. The number of nitrogens with zero attached hydrogens (tertiary/aromatic N) is 1. The standard InChI is InChI=1S/C16H7ClF3NO2/c17-11-7-13(20)12(19)6-10(11)15-21-14(16(22)23-15)5-8-2-1-3-9(18)4-8/h1-7H. The van der Waals surface area contributed by atoms with Crippen LogP contribution >= 0.6 is 11.6 Å². The van der Waals surface area contributed by atoms with E-state index in [0.29, 0.717) is 5.56 Å². The van der Waals surface area contributed by atoms with E-state index >= 15 is 0 Å². The number of esters is 1. The molecule has 2 aromatic rings. The van der Waals surface area contributed by atoms with Crippen molar-refractivity contribution in [3.05, 3.63) is 75.7 Å². The Kier molecular flexibility index (Phi) is 3.92. The molecule has 0 aliphatic carbocycles. The van der Waals surface area contributed by atoms with Gasteiger partial charge in [0.05, 0.1) is 10.6 Å². The van der Waals surface area contributed by atoms with Crippen LogP contribution in [0.2, 0.25) is 5.02 Å². The maximum Gasteiger partial charge on any atom is 0.363 e. The van der Waals surface area contributed by atoms with Crippen molar-refractivity contribution in [1.29, 1.82) is 0 Å². The van der Waals surface area contributed by atoms with Crippen molar-refractivity contribution in [2.45, 2.75) is 0 Å². The Morgan fingerprint density at radius 2 is 1.83 bits per heavy atom. The molecule has 1 heterocycles. The van der Waals surface area contributed by atoms with Gasteiger partial charge in [0.1, 0.15) is 5.82 Å². The van der Waals surface area contributed by atoms with Crippen LogP contribution in [-0.4, -0.2) is 11.9 Å². The number of hydrogen-bond acceptors (Lipinski definition) is 3. The molecule has 0 unspecified atom stereocenters. The average molecular weight is 338 g/mol. The van der Waals surface area contributed by atoms with Crippen LogP contribution in [0.5, 0.6) is 0 Å². The molecule has 2 aromatic carbocycles. The van der Waals surface area contributed by atoms with Gasteiger partial charge in [-0.2, -0.15) is 0 Å². The summed E-state index contributed by atoms with van der Waals surface area (Å²) in [6.07, 6.45) is 1.31. The van der Waals surface area contributed by atoms with Gasteiger partial charge in [-0.05, 0) is 35.9 Å². The molecule has 0 atom stereocenters. The van der Waals surface area contributed by atoms with Gasteiger partial charge in [0.25, 0.3) is 0 Å². The molecule has 0 saturated heterocycles. The third-order valence-electron chi connectivity index (χ3n) is 3.01. The molecule has 0 saturated carbocycles. The number of halogens is 4. The molecule has 0 fully saturated rings. The number of cyclic esters (lactones) is 1. The maximum absolute atomic E-state index is 13.3. The second kappa shape index (κ2) is 5.89. The zero-order chi connectivity index (χ0) is 16.6. The lowest BCUT2D eigenvalue weighted by Gasteiger charge is -2.03. The van der Waals surface area contributed by atoms with Crippen molar-refractivity contribution >= 4 is 29.5 Å². The molecule has 3 nitrogen and oxygen atoms in total. The molecular formula is C16H7ClF3NO2. The third-order valence-corrected chi connectivity index (χ3v) is 3.33. The Hall–Kier alpha value is -2.60. The molecule has 0 N–H and O–H groups in total. The molecule has 1 aliphatic rings. The first-order valence-corrected chi connectivity index (χ1v) is 6.75. The highest BCUT2D eigenvalue weighted by molar-refractivity contribution is 6.34. The van der Waals surface area contributed by atoms with Crippen LogP contribution in [-0.2, 0) is 9.53 Å². The van der Waals surface area contributed by atoms with Crippen molar-refractivity contribution in [2.24, 2.45) is 4.99 Å². The van der Waals surface area contributed by atoms with E-state index in [2.05, 4.69) is 4.99 Å². The van der Waals surface area contributed by atoms with Crippen molar-refractivity contribution in [3.8, 4) is 0 Å². The van der Waals surface area contributed by atoms with Crippen LogP contribution in [0.1, 0.15) is 11.1 Å². The summed E-state index contributed by atoms with van der Waals surface area (Å²) >= 11 is 5.81. The van der Waals surface area contributed by atoms with Crippen molar-refractivity contribution in [3.63, 3.8) is 0 Å². The molecule has 23 heavy (non-hydrogen) atoms. The zero-order valence-corrected chi connectivity index (χ0v) is 12.1. The van der Waals surface area contributed by atoms with Gasteiger partial charge in [-0.15, -0.1) is 0 Å². The SMILES string of the molecule is O=C1OC(c2cc(F)c(F)cc2Cl)=NC1=Cc1cccc(F)c1. The van der Waals surface area contributed by atoms with Gasteiger partial charge >= 0.3 is 5.97 Å². The van der Waals surface area contributed by atoms with Crippen LogP contribution in [0.3, 0.4) is 0 Å². The molecule has 1 aliphatic heterocycles. The number of aliphatic imine (C=N–C) groups is 1. The summed E-state index contributed by atoms with van der Waals surface area (Å²) in [6.45, 7) is 0. The Labute approximate surface area is 133 Å². The molecule has 0 amide bonds. The fourth-order valence-corrected chi connectivity index (χ4v) is 2.20. The van der Waals surface area contributed by atoms with E-state index in [1.165, 1.54) is 24.3 Å². The predicted octanol–water partition coefficient (Wildman–Crippen LogP) is 4.10. The van der Waals surface area contributed by atoms with E-state index in [9.17, 15) is 18.0 Å². The first kappa shape index (κ1) is 15.3. The molecular weight excluding hydrogens is 331 g/mol. The van der Waals surface area contributed by atoms with E-state index < -0.39 is 23.4 Å². The van der Waals surface area contributed by atoms with Crippen LogP contribution in [0.4, 0.5) is 13.2 Å². The zero-order valence-electron chi connectivity index (χ0n) is 11.3. The summed E-state index contributed by atoms with van der Waals surface area (Å²) in [5, 5.41) is -0.151. The summed E-state index contributed by atoms with van der Waals surface area (Å²) < 4.78 is 44.4. The highest BCUT2D eigenvalue weighted by Crippen LogP contribution is 2.26. The highest BCUT2D eigenvalue weighted by atomic mass is 35.5. The lowest BCUT2D eigenvalue weighted by Crippen LogP contribution is -2.07. The predicted molar refractivity (Wildman–Crippen MR) is 78.4 cm³/mol. The summed E-state index contributed by atoms with van der Waals surface area (Å²) in [5.74, 6) is -3.80. The largest absolute Gasteiger partial charge is 0.402 e. The number of hydrogen-bond donors (Lipinski definition) is 0. The monoisotopic (exact) mass is 337 g/mol. The lowest BCUT2D eigenvalue weighted by atomic mass is 10.2. The van der Waals surface area contributed by atoms with E-state index in [1.807, 2.05) is 0 Å². The molecule has 7 heteroatoms. The summed E-state index contributed by atoms with van der Waals surface area (Å²) in [7, 11) is 0. The van der Waals surface area contributed by atoms with Crippen LogP contribution < -0.4 is 0 Å². The second-order valence-corrected chi connectivity index (χ2v) is 5.04. The number of ether oxygens (including phenoxy) is 1. The van der Waals surface area contributed by atoms with Gasteiger partial charge in [0.2, 0.25) is 5.90 Å². The molecule has 0 radical (unpaired) electrons. The van der Waals surface area contributed by atoms with E-state index in [-0.39, 0.29) is 22.2 Å². The van der Waals surface area contributed by atoms with Gasteiger partial charge in [-0.25, -0.2) is 23.0 Å².